The second-order valence-electron chi connectivity index (χ2n) is 6.58. The molecule has 0 spiro atoms. The van der Waals surface area contributed by atoms with Crippen molar-refractivity contribution in [3.05, 3.63) is 70.8 Å². The van der Waals surface area contributed by atoms with E-state index in [0.29, 0.717) is 35.6 Å². The molecule has 0 aliphatic carbocycles. The molecule has 2 heterocycles. The first-order valence-electron chi connectivity index (χ1n) is 8.89. The SMILES string of the molecule is C/C1=C/N=CCCN=C(c2ccccn2)c2cc(C)c(C(F)(F)F)cc2N1C. The lowest BCUT2D eigenvalue weighted by Crippen LogP contribution is -2.21. The Morgan fingerprint density at radius 3 is 2.57 bits per heavy atom. The molecule has 0 saturated heterocycles. The van der Waals surface area contributed by atoms with Gasteiger partial charge >= 0.3 is 6.18 Å². The van der Waals surface area contributed by atoms with Gasteiger partial charge in [-0.1, -0.05) is 6.07 Å². The van der Waals surface area contributed by atoms with Crippen molar-refractivity contribution < 1.29 is 13.2 Å². The Bertz CT molecular complexity index is 944. The van der Waals surface area contributed by atoms with E-state index >= 15 is 0 Å². The number of fused-ring (bicyclic) bond motifs is 1. The Morgan fingerprint density at radius 1 is 1.11 bits per heavy atom. The fourth-order valence-electron chi connectivity index (χ4n) is 3.02. The number of pyridine rings is 1. The Kier molecular flexibility index (Phi) is 5.63. The zero-order valence-electron chi connectivity index (χ0n) is 16.0. The molecule has 7 heteroatoms. The van der Waals surface area contributed by atoms with Crippen molar-refractivity contribution in [2.45, 2.75) is 26.4 Å². The highest BCUT2D eigenvalue weighted by Gasteiger charge is 2.34. The average molecular weight is 386 g/mol. The number of aliphatic imine (C=N–C) groups is 2. The summed E-state index contributed by atoms with van der Waals surface area (Å²) in [5.41, 5.74) is 2.42. The Labute approximate surface area is 162 Å². The summed E-state index contributed by atoms with van der Waals surface area (Å²) < 4.78 is 40.7. The number of aryl methyl sites for hydroxylation is 1. The molecule has 0 unspecified atom stereocenters. The Morgan fingerprint density at radius 2 is 1.89 bits per heavy atom. The molecule has 0 saturated carbocycles. The van der Waals surface area contributed by atoms with Gasteiger partial charge in [-0.05, 0) is 43.7 Å². The Balaban J connectivity index is 2.31. The molecule has 1 aromatic heterocycles. The van der Waals surface area contributed by atoms with E-state index in [-0.39, 0.29) is 5.56 Å². The van der Waals surface area contributed by atoms with Gasteiger partial charge in [-0.25, -0.2) is 0 Å². The summed E-state index contributed by atoms with van der Waals surface area (Å²) in [5, 5.41) is 0. The molecule has 28 heavy (non-hydrogen) atoms. The van der Waals surface area contributed by atoms with Crippen molar-refractivity contribution in [2.24, 2.45) is 9.98 Å². The number of hydrogen-bond acceptors (Lipinski definition) is 4. The van der Waals surface area contributed by atoms with Crippen molar-refractivity contribution in [1.82, 2.24) is 4.98 Å². The molecule has 0 N–H and O–H groups in total. The van der Waals surface area contributed by atoms with Gasteiger partial charge in [0.05, 0.1) is 22.7 Å². The van der Waals surface area contributed by atoms with Crippen LogP contribution in [0, 0.1) is 6.92 Å². The van der Waals surface area contributed by atoms with E-state index in [2.05, 4.69) is 15.0 Å². The van der Waals surface area contributed by atoms with E-state index in [1.807, 2.05) is 19.1 Å². The topological polar surface area (TPSA) is 40.9 Å². The molecule has 1 aliphatic heterocycles. The van der Waals surface area contributed by atoms with Gasteiger partial charge in [0.2, 0.25) is 0 Å². The van der Waals surface area contributed by atoms with Gasteiger partial charge in [0.15, 0.2) is 0 Å². The van der Waals surface area contributed by atoms with Gasteiger partial charge in [0.25, 0.3) is 0 Å². The van der Waals surface area contributed by atoms with Crippen molar-refractivity contribution in [1.29, 1.82) is 0 Å². The molecule has 0 radical (unpaired) electrons. The molecule has 2 aromatic rings. The maximum absolute atomic E-state index is 13.6. The van der Waals surface area contributed by atoms with E-state index in [4.69, 9.17) is 0 Å². The second kappa shape index (κ2) is 7.96. The van der Waals surface area contributed by atoms with E-state index in [9.17, 15) is 13.2 Å². The van der Waals surface area contributed by atoms with Gasteiger partial charge in [-0.15, -0.1) is 0 Å². The van der Waals surface area contributed by atoms with Gasteiger partial charge < -0.3 is 4.90 Å². The fraction of sp³-hybridized carbons (Fsp3) is 0.286. The summed E-state index contributed by atoms with van der Waals surface area (Å²) in [4.78, 5) is 15.0. The maximum Gasteiger partial charge on any atom is 0.416 e. The first kappa shape index (κ1) is 19.8. The molecule has 0 amide bonds. The van der Waals surface area contributed by atoms with Crippen LogP contribution >= 0.6 is 0 Å². The third kappa shape index (κ3) is 4.13. The minimum absolute atomic E-state index is 0.149. The molecule has 3 rings (SSSR count). The molecule has 0 fully saturated rings. The zero-order chi connectivity index (χ0) is 20.3. The molecule has 1 aromatic carbocycles. The van der Waals surface area contributed by atoms with Crippen LogP contribution in [0.2, 0.25) is 0 Å². The lowest BCUT2D eigenvalue weighted by molar-refractivity contribution is -0.138. The number of nitrogens with zero attached hydrogens (tertiary/aromatic N) is 4. The highest BCUT2D eigenvalue weighted by Crippen LogP contribution is 2.37. The van der Waals surface area contributed by atoms with Gasteiger partial charge in [-0.2, -0.15) is 13.2 Å². The second-order valence-corrected chi connectivity index (χ2v) is 6.58. The monoisotopic (exact) mass is 386 g/mol. The number of benzene rings is 1. The summed E-state index contributed by atoms with van der Waals surface area (Å²) in [5.74, 6) is 0. The van der Waals surface area contributed by atoms with Gasteiger partial charge in [0, 0.05) is 49.9 Å². The number of hydrogen-bond donors (Lipinski definition) is 0. The van der Waals surface area contributed by atoms with Crippen LogP contribution in [0.25, 0.3) is 0 Å². The van der Waals surface area contributed by atoms with Crippen molar-refractivity contribution >= 4 is 17.6 Å². The smallest absolute Gasteiger partial charge is 0.346 e. The number of aromatic nitrogens is 1. The molecule has 146 valence electrons. The maximum atomic E-state index is 13.6. The minimum atomic E-state index is -4.44. The van der Waals surface area contributed by atoms with Crippen LogP contribution in [0.4, 0.5) is 18.9 Å². The zero-order valence-corrected chi connectivity index (χ0v) is 16.0. The van der Waals surface area contributed by atoms with Crippen LogP contribution in [-0.4, -0.2) is 30.5 Å². The summed E-state index contributed by atoms with van der Waals surface area (Å²) in [7, 11) is 1.73. The van der Waals surface area contributed by atoms with Crippen molar-refractivity contribution in [2.75, 3.05) is 18.5 Å². The predicted octanol–water partition coefficient (Wildman–Crippen LogP) is 5.02. The van der Waals surface area contributed by atoms with Crippen LogP contribution in [0.5, 0.6) is 0 Å². The van der Waals surface area contributed by atoms with Gasteiger partial charge in [-0.3, -0.25) is 15.0 Å². The van der Waals surface area contributed by atoms with Crippen LogP contribution < -0.4 is 4.90 Å². The third-order valence-corrected chi connectivity index (χ3v) is 4.60. The fourth-order valence-corrected chi connectivity index (χ4v) is 3.02. The normalized spacial score (nSPS) is 17.3. The summed E-state index contributed by atoms with van der Waals surface area (Å²) >= 11 is 0. The van der Waals surface area contributed by atoms with Crippen molar-refractivity contribution in [3.63, 3.8) is 0 Å². The van der Waals surface area contributed by atoms with Crippen LogP contribution in [0.15, 0.2) is 58.4 Å². The number of halogens is 3. The standard InChI is InChI=1S/C21H21F3N4/c1-14-11-16-19(12-17(14)21(22,23)24)28(3)15(2)13-25-8-6-10-27-20(16)18-7-4-5-9-26-18/h4-5,7-9,11-13H,6,10H2,1-3H3/b15-13-,25-8?,27-20?. The first-order chi connectivity index (χ1) is 13.3. The molecule has 0 bridgehead atoms. The molecular weight excluding hydrogens is 365 g/mol. The lowest BCUT2D eigenvalue weighted by Gasteiger charge is -2.25. The van der Waals surface area contributed by atoms with Crippen LogP contribution in [-0.2, 0) is 6.18 Å². The Hall–Kier alpha value is -2.96. The number of anilines is 1. The quantitative estimate of drug-likeness (QED) is 0.691. The molecule has 1 aliphatic rings. The summed E-state index contributed by atoms with van der Waals surface area (Å²) in [6.45, 7) is 3.74. The third-order valence-electron chi connectivity index (χ3n) is 4.60. The largest absolute Gasteiger partial charge is 0.416 e. The number of rotatable bonds is 1. The molecule has 4 nitrogen and oxygen atoms in total. The number of allylic oxidation sites excluding steroid dienone is 1. The van der Waals surface area contributed by atoms with E-state index < -0.39 is 11.7 Å². The van der Waals surface area contributed by atoms with E-state index in [1.54, 1.807) is 42.7 Å². The molecular formula is C21H21F3N4. The lowest BCUT2D eigenvalue weighted by atomic mass is 9.96. The van der Waals surface area contributed by atoms with Gasteiger partial charge in [0.1, 0.15) is 0 Å². The van der Waals surface area contributed by atoms with E-state index in [0.717, 1.165) is 5.70 Å². The average Bonchev–Trinajstić information content (AvgIpc) is 2.68. The van der Waals surface area contributed by atoms with E-state index in [1.165, 1.54) is 13.0 Å². The minimum Gasteiger partial charge on any atom is -0.346 e. The highest BCUT2D eigenvalue weighted by molar-refractivity contribution is 6.15. The van der Waals surface area contributed by atoms with Crippen LogP contribution in [0.3, 0.4) is 0 Å². The molecule has 0 atom stereocenters. The predicted molar refractivity (Wildman–Crippen MR) is 106 cm³/mol. The summed E-state index contributed by atoms with van der Waals surface area (Å²) in [6.07, 6.45) is 1.22. The van der Waals surface area contributed by atoms with Crippen LogP contribution in [0.1, 0.15) is 35.7 Å². The first-order valence-corrected chi connectivity index (χ1v) is 8.89. The number of alkyl halides is 3. The summed E-state index contributed by atoms with van der Waals surface area (Å²) in [6, 6.07) is 8.17. The van der Waals surface area contributed by atoms with Crippen molar-refractivity contribution in [3.8, 4) is 0 Å². The highest BCUT2D eigenvalue weighted by atomic mass is 19.4.